The fraction of sp³-hybridized carbons (Fsp3) is 0.462. The van der Waals surface area contributed by atoms with Gasteiger partial charge in [0.2, 0.25) is 0 Å². The summed E-state index contributed by atoms with van der Waals surface area (Å²) in [5.74, 6) is 0.0205. The minimum absolute atomic E-state index is 0.0205. The normalized spacial score (nSPS) is 15.4. The lowest BCUT2D eigenvalue weighted by Gasteiger charge is -2.07. The molecule has 4 heteroatoms. The fourth-order valence-electron chi connectivity index (χ4n) is 1.81. The molecule has 0 radical (unpaired) electrons. The average molecular weight is 297 g/mol. The van der Waals surface area contributed by atoms with E-state index >= 15 is 0 Å². The summed E-state index contributed by atoms with van der Waals surface area (Å²) < 4.78 is 3.05. The lowest BCUT2D eigenvalue weighted by atomic mass is 10.3. The Kier molecular flexibility index (Phi) is 4.05. The van der Waals surface area contributed by atoms with Crippen molar-refractivity contribution in [3.8, 4) is 0 Å². The van der Waals surface area contributed by atoms with Crippen LogP contribution < -0.4 is 5.32 Å². The van der Waals surface area contributed by atoms with Crippen LogP contribution in [0.5, 0.6) is 0 Å². The lowest BCUT2D eigenvalue weighted by molar-refractivity contribution is 0.0945. The highest BCUT2D eigenvalue weighted by Crippen LogP contribution is 2.37. The van der Waals surface area contributed by atoms with Crippen LogP contribution in [0, 0.1) is 0 Å². The summed E-state index contributed by atoms with van der Waals surface area (Å²) in [4.78, 5) is 12.0. The maximum atomic E-state index is 12.0. The molecule has 1 aliphatic rings. The molecule has 0 unspecified atom stereocenters. The monoisotopic (exact) mass is 296 g/mol. The number of allylic oxidation sites excluding steroid dienone is 1. The first-order valence-electron chi connectivity index (χ1n) is 5.99. The SMILES string of the molecule is C/C=C/CCNC(=O)c1cc(Br)cn1C1CC1. The first kappa shape index (κ1) is 12.4. The summed E-state index contributed by atoms with van der Waals surface area (Å²) in [7, 11) is 0. The molecule has 0 saturated heterocycles. The third-order valence-electron chi connectivity index (χ3n) is 2.82. The van der Waals surface area contributed by atoms with Crippen molar-refractivity contribution >= 4 is 21.8 Å². The molecule has 1 aromatic heterocycles. The van der Waals surface area contributed by atoms with Gasteiger partial charge in [-0.2, -0.15) is 0 Å². The Bertz CT molecular complexity index is 433. The van der Waals surface area contributed by atoms with E-state index in [1.165, 1.54) is 12.8 Å². The summed E-state index contributed by atoms with van der Waals surface area (Å²) in [6.45, 7) is 2.67. The Hall–Kier alpha value is -1.03. The van der Waals surface area contributed by atoms with Crippen LogP contribution in [-0.4, -0.2) is 17.0 Å². The fourth-order valence-corrected chi connectivity index (χ4v) is 2.25. The quantitative estimate of drug-likeness (QED) is 0.657. The standard InChI is InChI=1S/C13H17BrN2O/c1-2-3-4-7-15-13(17)12-8-10(14)9-16(12)11-5-6-11/h2-3,8-9,11H,4-7H2,1H3,(H,15,17)/b3-2+. The van der Waals surface area contributed by atoms with E-state index in [-0.39, 0.29) is 5.91 Å². The third-order valence-corrected chi connectivity index (χ3v) is 3.25. The van der Waals surface area contributed by atoms with E-state index in [9.17, 15) is 4.79 Å². The average Bonchev–Trinajstić information content (AvgIpc) is 3.08. The molecular weight excluding hydrogens is 280 g/mol. The number of hydrogen-bond acceptors (Lipinski definition) is 1. The van der Waals surface area contributed by atoms with Gasteiger partial charge in [0.15, 0.2) is 0 Å². The van der Waals surface area contributed by atoms with Gasteiger partial charge < -0.3 is 9.88 Å². The lowest BCUT2D eigenvalue weighted by Crippen LogP contribution is -2.26. The van der Waals surface area contributed by atoms with Crippen LogP contribution in [0.15, 0.2) is 28.9 Å². The molecule has 1 saturated carbocycles. The number of nitrogens with zero attached hydrogens (tertiary/aromatic N) is 1. The summed E-state index contributed by atoms with van der Waals surface area (Å²) in [5, 5.41) is 2.94. The highest BCUT2D eigenvalue weighted by atomic mass is 79.9. The minimum Gasteiger partial charge on any atom is -0.350 e. The second-order valence-electron chi connectivity index (χ2n) is 4.30. The van der Waals surface area contributed by atoms with Crippen molar-refractivity contribution in [1.82, 2.24) is 9.88 Å². The zero-order chi connectivity index (χ0) is 12.3. The number of hydrogen-bond donors (Lipinski definition) is 1. The van der Waals surface area contributed by atoms with E-state index < -0.39 is 0 Å². The second-order valence-corrected chi connectivity index (χ2v) is 5.21. The molecule has 1 aromatic rings. The van der Waals surface area contributed by atoms with Gasteiger partial charge in [-0.25, -0.2) is 0 Å². The van der Waals surface area contributed by atoms with E-state index in [4.69, 9.17) is 0 Å². The van der Waals surface area contributed by atoms with Gasteiger partial charge in [-0.05, 0) is 48.2 Å². The van der Waals surface area contributed by atoms with Crippen LogP contribution in [0.1, 0.15) is 42.7 Å². The Balaban J connectivity index is 1.98. The molecule has 1 N–H and O–H groups in total. The molecule has 0 aliphatic heterocycles. The van der Waals surface area contributed by atoms with Crippen LogP contribution in [0.4, 0.5) is 0 Å². The first-order chi connectivity index (χ1) is 8.22. The number of carbonyl (C=O) groups excluding carboxylic acids is 1. The van der Waals surface area contributed by atoms with Crippen molar-refractivity contribution < 1.29 is 4.79 Å². The van der Waals surface area contributed by atoms with Crippen molar-refractivity contribution in [2.75, 3.05) is 6.54 Å². The van der Waals surface area contributed by atoms with Crippen molar-refractivity contribution in [2.45, 2.75) is 32.2 Å². The molecule has 3 nitrogen and oxygen atoms in total. The third kappa shape index (κ3) is 3.22. The summed E-state index contributed by atoms with van der Waals surface area (Å²) in [5.41, 5.74) is 0.764. The molecule has 1 amide bonds. The van der Waals surface area contributed by atoms with Gasteiger partial charge in [0.25, 0.3) is 5.91 Å². The summed E-state index contributed by atoms with van der Waals surface area (Å²) in [6, 6.07) is 2.42. The molecule has 0 bridgehead atoms. The first-order valence-corrected chi connectivity index (χ1v) is 6.78. The van der Waals surface area contributed by atoms with Gasteiger partial charge in [0, 0.05) is 23.3 Å². The smallest absolute Gasteiger partial charge is 0.267 e. The molecule has 1 aliphatic carbocycles. The molecule has 92 valence electrons. The van der Waals surface area contributed by atoms with Gasteiger partial charge in [-0.15, -0.1) is 0 Å². The van der Waals surface area contributed by atoms with E-state index in [2.05, 4.69) is 31.9 Å². The molecule has 1 fully saturated rings. The van der Waals surface area contributed by atoms with Gasteiger partial charge in [-0.1, -0.05) is 12.2 Å². The van der Waals surface area contributed by atoms with Gasteiger partial charge in [-0.3, -0.25) is 4.79 Å². The van der Waals surface area contributed by atoms with Crippen LogP contribution >= 0.6 is 15.9 Å². The molecule has 2 rings (SSSR count). The van der Waals surface area contributed by atoms with Crippen LogP contribution in [-0.2, 0) is 0 Å². The van der Waals surface area contributed by atoms with Crippen molar-refractivity contribution in [3.05, 3.63) is 34.6 Å². The largest absolute Gasteiger partial charge is 0.350 e. The summed E-state index contributed by atoms with van der Waals surface area (Å²) >= 11 is 3.43. The van der Waals surface area contributed by atoms with Gasteiger partial charge >= 0.3 is 0 Å². The van der Waals surface area contributed by atoms with Crippen molar-refractivity contribution in [3.63, 3.8) is 0 Å². The molecule has 17 heavy (non-hydrogen) atoms. The molecule has 0 spiro atoms. The molecule has 0 aromatic carbocycles. The number of amides is 1. The minimum atomic E-state index is 0.0205. The predicted molar refractivity (Wildman–Crippen MR) is 72.2 cm³/mol. The Labute approximate surface area is 110 Å². The van der Waals surface area contributed by atoms with Crippen LogP contribution in [0.2, 0.25) is 0 Å². The highest BCUT2D eigenvalue weighted by molar-refractivity contribution is 9.10. The van der Waals surface area contributed by atoms with E-state index in [0.29, 0.717) is 12.6 Å². The topological polar surface area (TPSA) is 34.0 Å². The van der Waals surface area contributed by atoms with E-state index in [1.807, 2.05) is 25.3 Å². The Morgan fingerprint density at radius 1 is 1.65 bits per heavy atom. The maximum absolute atomic E-state index is 12.0. The molecular formula is C13H17BrN2O. The Morgan fingerprint density at radius 2 is 2.41 bits per heavy atom. The van der Waals surface area contributed by atoms with E-state index in [1.54, 1.807) is 0 Å². The number of carbonyl (C=O) groups is 1. The highest BCUT2D eigenvalue weighted by Gasteiger charge is 2.27. The molecule has 1 heterocycles. The van der Waals surface area contributed by atoms with Crippen molar-refractivity contribution in [1.29, 1.82) is 0 Å². The molecule has 0 atom stereocenters. The van der Waals surface area contributed by atoms with Gasteiger partial charge in [0.05, 0.1) is 0 Å². The van der Waals surface area contributed by atoms with Gasteiger partial charge in [0.1, 0.15) is 5.69 Å². The summed E-state index contributed by atoms with van der Waals surface area (Å²) in [6.07, 6.45) is 9.29. The predicted octanol–water partition coefficient (Wildman–Crippen LogP) is 3.28. The number of nitrogens with one attached hydrogen (secondary N) is 1. The zero-order valence-electron chi connectivity index (χ0n) is 9.95. The second kappa shape index (κ2) is 5.54. The van der Waals surface area contributed by atoms with Crippen LogP contribution in [0.25, 0.3) is 0 Å². The number of aromatic nitrogens is 1. The Morgan fingerprint density at radius 3 is 3.06 bits per heavy atom. The van der Waals surface area contributed by atoms with E-state index in [0.717, 1.165) is 16.6 Å². The number of rotatable bonds is 5. The maximum Gasteiger partial charge on any atom is 0.267 e. The van der Waals surface area contributed by atoms with Crippen molar-refractivity contribution in [2.24, 2.45) is 0 Å². The van der Waals surface area contributed by atoms with Crippen LogP contribution in [0.3, 0.4) is 0 Å². The number of halogens is 1. The zero-order valence-corrected chi connectivity index (χ0v) is 11.5.